The first kappa shape index (κ1) is 14.1. The first-order valence-electron chi connectivity index (χ1n) is 4.70. The highest BCUT2D eigenvalue weighted by molar-refractivity contribution is 9.10. The number of pyridine rings is 1. The largest absolute Gasteiger partial charge is 0.370 e. The maximum absolute atomic E-state index is 12.0. The van der Waals surface area contributed by atoms with E-state index in [9.17, 15) is 13.2 Å². The van der Waals surface area contributed by atoms with Crippen molar-refractivity contribution in [1.29, 1.82) is 0 Å². The number of rotatable bonds is 5. The van der Waals surface area contributed by atoms with E-state index in [2.05, 4.69) is 20.9 Å². The van der Waals surface area contributed by atoms with Crippen molar-refractivity contribution in [3.8, 4) is 0 Å². The summed E-state index contributed by atoms with van der Waals surface area (Å²) in [5, 5.41) is -0.0623. The molecule has 0 aromatic carbocycles. The lowest BCUT2D eigenvalue weighted by molar-refractivity contribution is -0.118. The van der Waals surface area contributed by atoms with Gasteiger partial charge in [0.05, 0.1) is 0 Å². The van der Waals surface area contributed by atoms with E-state index in [0.717, 1.165) is 4.31 Å². The van der Waals surface area contributed by atoms with Crippen LogP contribution in [-0.2, 0) is 14.8 Å². The molecule has 6 nitrogen and oxygen atoms in total. The highest BCUT2D eigenvalue weighted by atomic mass is 79.9. The number of hydrogen-bond acceptors (Lipinski definition) is 4. The molecule has 0 unspecified atom stereocenters. The zero-order valence-electron chi connectivity index (χ0n) is 9.13. The molecule has 0 bridgehead atoms. The summed E-state index contributed by atoms with van der Waals surface area (Å²) in [5.41, 5.74) is 4.96. The van der Waals surface area contributed by atoms with Gasteiger partial charge >= 0.3 is 0 Å². The molecule has 0 saturated heterocycles. The molecule has 1 aromatic heterocycles. The predicted molar refractivity (Wildman–Crippen MR) is 65.6 cm³/mol. The SMILES string of the molecule is CN(CCC(N)=O)S(=O)(=O)c1ccc(Br)cn1. The maximum Gasteiger partial charge on any atom is 0.260 e. The Kier molecular flexibility index (Phi) is 4.61. The topological polar surface area (TPSA) is 93.4 Å². The van der Waals surface area contributed by atoms with Gasteiger partial charge in [-0.1, -0.05) is 0 Å². The van der Waals surface area contributed by atoms with Crippen LogP contribution >= 0.6 is 15.9 Å². The molecule has 1 aromatic rings. The average Bonchev–Trinajstić information content (AvgIpc) is 2.26. The number of nitrogens with two attached hydrogens (primary N) is 1. The third-order valence-corrected chi connectivity index (χ3v) is 4.29. The fraction of sp³-hybridized carbons (Fsp3) is 0.333. The molecule has 2 N–H and O–H groups in total. The number of nitrogens with zero attached hydrogens (tertiary/aromatic N) is 2. The van der Waals surface area contributed by atoms with E-state index in [1.807, 2.05) is 0 Å². The van der Waals surface area contributed by atoms with Gasteiger partial charge in [0.1, 0.15) is 0 Å². The van der Waals surface area contributed by atoms with Crippen LogP contribution in [-0.4, -0.2) is 37.2 Å². The van der Waals surface area contributed by atoms with Gasteiger partial charge < -0.3 is 5.73 Å². The molecule has 0 saturated carbocycles. The summed E-state index contributed by atoms with van der Waals surface area (Å²) in [5.74, 6) is -0.546. The van der Waals surface area contributed by atoms with Gasteiger partial charge in [0, 0.05) is 30.7 Å². The summed E-state index contributed by atoms with van der Waals surface area (Å²) >= 11 is 3.17. The average molecular weight is 322 g/mol. The van der Waals surface area contributed by atoms with Crippen LogP contribution in [0.5, 0.6) is 0 Å². The van der Waals surface area contributed by atoms with Crippen LogP contribution in [0.3, 0.4) is 0 Å². The van der Waals surface area contributed by atoms with Crippen LogP contribution in [0.2, 0.25) is 0 Å². The second-order valence-electron chi connectivity index (χ2n) is 3.36. The van der Waals surface area contributed by atoms with Crippen LogP contribution < -0.4 is 5.73 Å². The number of primary amides is 1. The second-order valence-corrected chi connectivity index (χ2v) is 6.26. The third-order valence-electron chi connectivity index (χ3n) is 2.05. The van der Waals surface area contributed by atoms with Crippen LogP contribution in [0, 0.1) is 0 Å². The first-order chi connectivity index (χ1) is 7.84. The van der Waals surface area contributed by atoms with Gasteiger partial charge in [-0.2, -0.15) is 4.31 Å². The molecule has 1 rings (SSSR count). The van der Waals surface area contributed by atoms with Crippen molar-refractivity contribution in [2.24, 2.45) is 5.73 Å². The van der Waals surface area contributed by atoms with Crippen LogP contribution in [0.25, 0.3) is 0 Å². The molecule has 0 aliphatic heterocycles. The molecule has 0 fully saturated rings. The van der Waals surface area contributed by atoms with E-state index < -0.39 is 15.9 Å². The Labute approximate surface area is 108 Å². The van der Waals surface area contributed by atoms with Crippen molar-refractivity contribution in [2.75, 3.05) is 13.6 Å². The molecule has 0 atom stereocenters. The Hall–Kier alpha value is -0.990. The fourth-order valence-corrected chi connectivity index (χ4v) is 2.37. The highest BCUT2D eigenvalue weighted by Gasteiger charge is 2.22. The van der Waals surface area contributed by atoms with Gasteiger partial charge in [0.2, 0.25) is 5.91 Å². The Morgan fingerprint density at radius 1 is 1.53 bits per heavy atom. The predicted octanol–water partition coefficient (Wildman–Crippen LogP) is 0.340. The monoisotopic (exact) mass is 321 g/mol. The van der Waals surface area contributed by atoms with E-state index in [1.54, 1.807) is 6.07 Å². The molecule has 17 heavy (non-hydrogen) atoms. The summed E-state index contributed by atoms with van der Waals surface area (Å²) in [6, 6.07) is 2.97. The van der Waals surface area contributed by atoms with Gasteiger partial charge in [-0.3, -0.25) is 4.79 Å². The molecular weight excluding hydrogens is 310 g/mol. The highest BCUT2D eigenvalue weighted by Crippen LogP contribution is 2.14. The zero-order chi connectivity index (χ0) is 13.1. The second kappa shape index (κ2) is 5.56. The standard InChI is InChI=1S/C9H12BrN3O3S/c1-13(5-4-8(11)14)17(15,16)9-3-2-7(10)6-12-9/h2-3,6H,4-5H2,1H3,(H2,11,14). The molecule has 0 radical (unpaired) electrons. The van der Waals surface area contributed by atoms with E-state index in [1.165, 1.54) is 19.3 Å². The number of amides is 1. The number of aromatic nitrogens is 1. The fourth-order valence-electron chi connectivity index (χ4n) is 1.06. The van der Waals surface area contributed by atoms with E-state index in [4.69, 9.17) is 5.73 Å². The van der Waals surface area contributed by atoms with Gasteiger partial charge in [0.15, 0.2) is 5.03 Å². The Bertz CT molecular complexity index is 501. The first-order valence-corrected chi connectivity index (χ1v) is 6.93. The molecular formula is C9H12BrN3O3S. The van der Waals surface area contributed by atoms with Crippen molar-refractivity contribution in [2.45, 2.75) is 11.4 Å². The lowest BCUT2D eigenvalue weighted by atomic mass is 10.4. The van der Waals surface area contributed by atoms with Crippen LogP contribution in [0.15, 0.2) is 27.8 Å². The van der Waals surface area contributed by atoms with Crippen molar-refractivity contribution >= 4 is 31.9 Å². The van der Waals surface area contributed by atoms with Gasteiger partial charge in [0.25, 0.3) is 10.0 Å². The quantitative estimate of drug-likeness (QED) is 0.846. The summed E-state index contributed by atoms with van der Waals surface area (Å²) < 4.78 is 25.6. The minimum absolute atomic E-state index is 0.0216. The van der Waals surface area contributed by atoms with Gasteiger partial charge in [-0.15, -0.1) is 0 Å². The normalized spacial score (nSPS) is 11.7. The molecule has 94 valence electrons. The molecule has 0 aliphatic rings. The van der Waals surface area contributed by atoms with Crippen LogP contribution in [0.1, 0.15) is 6.42 Å². The summed E-state index contributed by atoms with van der Waals surface area (Å²) in [4.78, 5) is 14.4. The van der Waals surface area contributed by atoms with Gasteiger partial charge in [-0.25, -0.2) is 13.4 Å². The molecule has 0 aliphatic carbocycles. The summed E-state index contributed by atoms with van der Waals surface area (Å²) in [7, 11) is -2.28. The van der Waals surface area contributed by atoms with E-state index in [-0.39, 0.29) is 18.0 Å². The number of halogens is 1. The Morgan fingerprint density at radius 2 is 2.18 bits per heavy atom. The Balaban J connectivity index is 2.87. The molecule has 1 heterocycles. The molecule has 8 heteroatoms. The number of carbonyl (C=O) groups is 1. The molecule has 0 spiro atoms. The summed E-state index contributed by atoms with van der Waals surface area (Å²) in [6.07, 6.45) is 1.38. The summed E-state index contributed by atoms with van der Waals surface area (Å²) in [6.45, 7) is 0.0371. The zero-order valence-corrected chi connectivity index (χ0v) is 11.5. The Morgan fingerprint density at radius 3 is 2.65 bits per heavy atom. The number of sulfonamides is 1. The third kappa shape index (κ3) is 3.76. The minimum Gasteiger partial charge on any atom is -0.370 e. The van der Waals surface area contributed by atoms with Crippen molar-refractivity contribution in [3.63, 3.8) is 0 Å². The lowest BCUT2D eigenvalue weighted by Gasteiger charge is -2.15. The van der Waals surface area contributed by atoms with Crippen molar-refractivity contribution < 1.29 is 13.2 Å². The smallest absolute Gasteiger partial charge is 0.260 e. The van der Waals surface area contributed by atoms with E-state index >= 15 is 0 Å². The van der Waals surface area contributed by atoms with Crippen molar-refractivity contribution in [3.05, 3.63) is 22.8 Å². The maximum atomic E-state index is 12.0. The number of hydrogen-bond donors (Lipinski definition) is 1. The minimum atomic E-state index is -3.66. The van der Waals surface area contributed by atoms with Gasteiger partial charge in [-0.05, 0) is 28.1 Å². The molecule has 1 amide bonds. The van der Waals surface area contributed by atoms with Crippen molar-refractivity contribution in [1.82, 2.24) is 9.29 Å². The van der Waals surface area contributed by atoms with E-state index in [0.29, 0.717) is 4.47 Å². The number of carbonyl (C=O) groups excluding carboxylic acids is 1. The lowest BCUT2D eigenvalue weighted by Crippen LogP contribution is -2.31. The van der Waals surface area contributed by atoms with Crippen LogP contribution in [0.4, 0.5) is 0 Å².